The van der Waals surface area contributed by atoms with Crippen LogP contribution in [0.25, 0.3) is 0 Å². The second-order valence-corrected chi connectivity index (χ2v) is 3.63. The molecule has 2 aliphatic heterocycles. The molecule has 2 saturated heterocycles. The molecule has 2 heterocycles. The molecule has 0 N–H and O–H groups in total. The Hall–Kier alpha value is 0.608. The summed E-state index contributed by atoms with van der Waals surface area (Å²) in [6.45, 7) is 8.69. The molecular formula is C11H24N2W. The van der Waals surface area contributed by atoms with Crippen molar-refractivity contribution in [3.8, 4) is 0 Å². The van der Waals surface area contributed by atoms with Gasteiger partial charge in [0.05, 0.1) is 0 Å². The molecule has 0 unspecified atom stereocenters. The maximum atomic E-state index is 3.96. The summed E-state index contributed by atoms with van der Waals surface area (Å²) in [6.07, 6.45) is 1.38. The molecule has 0 aromatic heterocycles. The van der Waals surface area contributed by atoms with Gasteiger partial charge in [-0.3, -0.25) is 7.05 Å². The van der Waals surface area contributed by atoms with E-state index in [2.05, 4.69) is 30.8 Å². The van der Waals surface area contributed by atoms with Crippen molar-refractivity contribution in [1.82, 2.24) is 9.80 Å². The van der Waals surface area contributed by atoms with Gasteiger partial charge in [-0.1, -0.05) is 7.43 Å². The maximum absolute atomic E-state index is 3.96. The molecule has 0 amide bonds. The minimum atomic E-state index is 0. The van der Waals surface area contributed by atoms with Gasteiger partial charge in [-0.25, -0.2) is 0 Å². The first kappa shape index (κ1) is 17.0. The third-order valence-electron chi connectivity index (χ3n) is 2.90. The molecule has 0 bridgehead atoms. The van der Waals surface area contributed by atoms with Crippen LogP contribution in [-0.4, -0.2) is 42.5 Å². The van der Waals surface area contributed by atoms with E-state index in [0.29, 0.717) is 0 Å². The van der Waals surface area contributed by atoms with Crippen LogP contribution in [0, 0.1) is 19.9 Å². The van der Waals surface area contributed by atoms with Gasteiger partial charge in [0.25, 0.3) is 0 Å². The third-order valence-corrected chi connectivity index (χ3v) is 2.90. The smallest absolute Gasteiger partial charge is 0.458 e. The Balaban J connectivity index is 0. The summed E-state index contributed by atoms with van der Waals surface area (Å²) in [4.78, 5) is 4.67. The predicted molar refractivity (Wildman–Crippen MR) is 59.2 cm³/mol. The van der Waals surface area contributed by atoms with Crippen LogP contribution in [0.2, 0.25) is 0 Å². The number of fused-ring (bicyclic) bond motifs is 1. The molecule has 84 valence electrons. The van der Waals surface area contributed by atoms with Gasteiger partial charge in [-0.05, 0) is 39.0 Å². The molecule has 2 rings (SSSR count). The Labute approximate surface area is 104 Å². The van der Waals surface area contributed by atoms with Crippen LogP contribution in [0.1, 0.15) is 20.8 Å². The summed E-state index contributed by atoms with van der Waals surface area (Å²) in [5.41, 5.74) is 0. The molecule has 2 fully saturated rings. The zero-order valence-corrected chi connectivity index (χ0v) is 11.6. The predicted octanol–water partition coefficient (Wildman–Crippen LogP) is 1.89. The minimum absolute atomic E-state index is 0. The van der Waals surface area contributed by atoms with E-state index in [1.807, 2.05) is 0 Å². The number of nitrogens with zero attached hydrogens (tertiary/aromatic N) is 2. The zero-order valence-electron chi connectivity index (χ0n) is 8.70. The van der Waals surface area contributed by atoms with Crippen molar-refractivity contribution >= 4 is 0 Å². The van der Waals surface area contributed by atoms with Crippen molar-refractivity contribution in [2.24, 2.45) is 5.92 Å². The van der Waals surface area contributed by atoms with Crippen molar-refractivity contribution in [1.29, 1.82) is 0 Å². The van der Waals surface area contributed by atoms with Gasteiger partial charge in [-0.2, -0.15) is 6.92 Å². The largest absolute Gasteiger partial charge is 2.00 e. The molecule has 0 aromatic rings. The standard InChI is InChI=1S/C8H15N2.C2H5.CH4.W/c1-9-5-7-3-4-10(2)8(7)6-9;1-2;;/h7-8H,1,3-6H2,2H3;1H2,2H3;1H4;/q2*-1;;+2/t7-,8+;;;/m0.../s1. The van der Waals surface area contributed by atoms with Gasteiger partial charge in [0.2, 0.25) is 0 Å². The Morgan fingerprint density at radius 1 is 1.21 bits per heavy atom. The number of likely N-dealkylation sites (N-methyl/N-ethyl adjacent to an activating group) is 1. The van der Waals surface area contributed by atoms with Crippen LogP contribution >= 0.6 is 0 Å². The van der Waals surface area contributed by atoms with Gasteiger partial charge in [0.1, 0.15) is 0 Å². The van der Waals surface area contributed by atoms with E-state index in [1.54, 1.807) is 6.92 Å². The molecule has 0 aliphatic carbocycles. The second kappa shape index (κ2) is 7.84. The van der Waals surface area contributed by atoms with Crippen LogP contribution in [0.5, 0.6) is 0 Å². The first-order valence-corrected chi connectivity index (χ1v) is 4.74. The van der Waals surface area contributed by atoms with E-state index in [-0.39, 0.29) is 28.5 Å². The van der Waals surface area contributed by atoms with Gasteiger partial charge >= 0.3 is 21.1 Å². The molecule has 14 heavy (non-hydrogen) atoms. The SMILES string of the molecule is C.[CH2-]C.[CH2-]N1C[C@@H]2CCN(C)[C@@H]2C1.[W+2]. The van der Waals surface area contributed by atoms with Crippen LogP contribution in [0.3, 0.4) is 0 Å². The van der Waals surface area contributed by atoms with E-state index in [1.165, 1.54) is 26.1 Å². The fourth-order valence-electron chi connectivity index (χ4n) is 2.26. The van der Waals surface area contributed by atoms with E-state index >= 15 is 0 Å². The van der Waals surface area contributed by atoms with Gasteiger partial charge in [0, 0.05) is 6.04 Å². The van der Waals surface area contributed by atoms with E-state index in [0.717, 1.165) is 12.0 Å². The topological polar surface area (TPSA) is 6.48 Å². The minimum Gasteiger partial charge on any atom is -0.458 e. The Bertz CT molecular complexity index is 141. The molecular weight excluding hydrogens is 344 g/mol. The Morgan fingerprint density at radius 2 is 1.79 bits per heavy atom. The van der Waals surface area contributed by atoms with Crippen molar-refractivity contribution in [3.05, 3.63) is 14.0 Å². The second-order valence-electron chi connectivity index (χ2n) is 3.63. The average Bonchev–Trinajstić information content (AvgIpc) is 2.58. The van der Waals surface area contributed by atoms with Crippen LogP contribution in [-0.2, 0) is 21.1 Å². The molecule has 2 aliphatic rings. The number of hydrogen-bond donors (Lipinski definition) is 0. The monoisotopic (exact) mass is 368 g/mol. The summed E-state index contributed by atoms with van der Waals surface area (Å²) in [6, 6.07) is 0.817. The zero-order chi connectivity index (χ0) is 9.14. The van der Waals surface area contributed by atoms with E-state index < -0.39 is 0 Å². The molecule has 0 radical (unpaired) electrons. The molecule has 2 nitrogen and oxygen atoms in total. The Kier molecular flexibility index (Phi) is 9.53. The number of hydrogen-bond acceptors (Lipinski definition) is 2. The van der Waals surface area contributed by atoms with Gasteiger partial charge < -0.3 is 16.7 Å². The first-order valence-electron chi connectivity index (χ1n) is 4.74. The fraction of sp³-hybridized carbons (Fsp3) is 0.818. The quantitative estimate of drug-likeness (QED) is 0.603. The van der Waals surface area contributed by atoms with Crippen LogP contribution in [0.15, 0.2) is 0 Å². The van der Waals surface area contributed by atoms with Crippen LogP contribution in [0.4, 0.5) is 0 Å². The molecule has 0 aromatic carbocycles. The molecule has 3 heteroatoms. The van der Waals surface area contributed by atoms with Crippen molar-refractivity contribution in [2.45, 2.75) is 26.8 Å². The first-order chi connectivity index (χ1) is 5.77. The number of rotatable bonds is 0. The average molecular weight is 368 g/mol. The van der Waals surface area contributed by atoms with Crippen molar-refractivity contribution in [2.75, 3.05) is 26.7 Å². The van der Waals surface area contributed by atoms with Crippen molar-refractivity contribution < 1.29 is 21.1 Å². The summed E-state index contributed by atoms with van der Waals surface area (Å²) < 4.78 is 0. The summed E-state index contributed by atoms with van der Waals surface area (Å²) >= 11 is 0. The summed E-state index contributed by atoms with van der Waals surface area (Å²) in [5.74, 6) is 0.919. The van der Waals surface area contributed by atoms with Crippen molar-refractivity contribution in [3.63, 3.8) is 0 Å². The normalized spacial score (nSPS) is 30.9. The maximum Gasteiger partial charge on any atom is 2.00 e. The molecule has 0 spiro atoms. The summed E-state index contributed by atoms with van der Waals surface area (Å²) in [5, 5.41) is 0. The van der Waals surface area contributed by atoms with Gasteiger partial charge in [0.15, 0.2) is 0 Å². The van der Waals surface area contributed by atoms with Crippen LogP contribution < -0.4 is 0 Å². The van der Waals surface area contributed by atoms with E-state index in [4.69, 9.17) is 0 Å². The van der Waals surface area contributed by atoms with E-state index in [9.17, 15) is 0 Å². The van der Waals surface area contributed by atoms with Gasteiger partial charge in [-0.15, -0.1) is 0 Å². The Morgan fingerprint density at radius 3 is 2.29 bits per heavy atom. The fourth-order valence-corrected chi connectivity index (χ4v) is 2.26. The summed E-state index contributed by atoms with van der Waals surface area (Å²) in [7, 11) is 6.19. The molecule has 2 atom stereocenters. The number of likely N-dealkylation sites (tertiary alicyclic amines) is 2. The molecule has 0 saturated carbocycles. The third kappa shape index (κ3) is 3.64.